The molecular formula is C16H20N4O2. The van der Waals surface area contributed by atoms with Crippen molar-refractivity contribution in [1.82, 2.24) is 15.0 Å². The van der Waals surface area contributed by atoms with Crippen molar-refractivity contribution in [3.63, 3.8) is 0 Å². The molecule has 116 valence electrons. The van der Waals surface area contributed by atoms with Gasteiger partial charge in [-0.3, -0.25) is 4.79 Å². The van der Waals surface area contributed by atoms with Gasteiger partial charge in [-0.25, -0.2) is 9.97 Å². The Labute approximate surface area is 129 Å². The van der Waals surface area contributed by atoms with Crippen molar-refractivity contribution in [1.29, 1.82) is 0 Å². The molecular weight excluding hydrogens is 280 g/mol. The fourth-order valence-corrected chi connectivity index (χ4v) is 2.28. The maximum Gasteiger partial charge on any atom is 0.254 e. The van der Waals surface area contributed by atoms with Gasteiger partial charge in [-0.05, 0) is 26.0 Å². The lowest BCUT2D eigenvalue weighted by atomic mass is 9.89. The summed E-state index contributed by atoms with van der Waals surface area (Å²) in [6, 6.07) is 3.80. The van der Waals surface area contributed by atoms with Gasteiger partial charge in [0.1, 0.15) is 11.6 Å². The molecule has 2 aromatic rings. The first kappa shape index (κ1) is 14.7. The number of nitrogens with zero attached hydrogens (tertiary/aromatic N) is 2. The molecule has 0 atom stereocenters. The SMILES string of the molecule is Cc1nc(-c2ccc(NCC3(C)COC3)nc2)[nH]c(=O)c1C. The van der Waals surface area contributed by atoms with Gasteiger partial charge in [0.2, 0.25) is 0 Å². The number of pyridine rings is 1. The Morgan fingerprint density at radius 2 is 2.14 bits per heavy atom. The third-order valence-electron chi connectivity index (χ3n) is 4.03. The molecule has 0 unspecified atom stereocenters. The average Bonchev–Trinajstić information content (AvgIpc) is 2.49. The van der Waals surface area contributed by atoms with Crippen LogP contribution in [0.25, 0.3) is 11.4 Å². The molecule has 0 bridgehead atoms. The first-order chi connectivity index (χ1) is 10.5. The van der Waals surface area contributed by atoms with Crippen LogP contribution in [0, 0.1) is 19.3 Å². The zero-order valence-electron chi connectivity index (χ0n) is 13.1. The molecule has 1 aliphatic heterocycles. The van der Waals surface area contributed by atoms with E-state index in [1.54, 1.807) is 13.1 Å². The van der Waals surface area contributed by atoms with Crippen molar-refractivity contribution in [3.05, 3.63) is 39.9 Å². The Hall–Kier alpha value is -2.21. The van der Waals surface area contributed by atoms with E-state index < -0.39 is 0 Å². The van der Waals surface area contributed by atoms with E-state index in [-0.39, 0.29) is 11.0 Å². The number of rotatable bonds is 4. The number of aromatic amines is 1. The third kappa shape index (κ3) is 2.87. The Kier molecular flexibility index (Phi) is 3.70. The van der Waals surface area contributed by atoms with E-state index >= 15 is 0 Å². The molecule has 22 heavy (non-hydrogen) atoms. The zero-order chi connectivity index (χ0) is 15.7. The summed E-state index contributed by atoms with van der Waals surface area (Å²) >= 11 is 0. The Morgan fingerprint density at radius 3 is 2.68 bits per heavy atom. The number of aryl methyl sites for hydroxylation is 1. The molecule has 0 spiro atoms. The van der Waals surface area contributed by atoms with Gasteiger partial charge < -0.3 is 15.0 Å². The molecule has 0 aliphatic carbocycles. The minimum Gasteiger partial charge on any atom is -0.380 e. The highest BCUT2D eigenvalue weighted by Crippen LogP contribution is 2.26. The van der Waals surface area contributed by atoms with Crippen LogP contribution in [0.4, 0.5) is 5.82 Å². The number of ether oxygens (including phenoxy) is 1. The summed E-state index contributed by atoms with van der Waals surface area (Å²) in [7, 11) is 0. The Bertz CT molecular complexity index is 733. The van der Waals surface area contributed by atoms with Crippen LogP contribution in [-0.2, 0) is 4.74 Å². The van der Waals surface area contributed by atoms with Gasteiger partial charge in [-0.15, -0.1) is 0 Å². The van der Waals surface area contributed by atoms with Gasteiger partial charge in [0.15, 0.2) is 0 Å². The summed E-state index contributed by atoms with van der Waals surface area (Å²) in [5.74, 6) is 1.36. The van der Waals surface area contributed by atoms with Gasteiger partial charge in [0.25, 0.3) is 5.56 Å². The fourth-order valence-electron chi connectivity index (χ4n) is 2.28. The molecule has 3 rings (SSSR count). The van der Waals surface area contributed by atoms with E-state index in [1.807, 2.05) is 19.1 Å². The monoisotopic (exact) mass is 300 g/mol. The molecule has 0 radical (unpaired) electrons. The van der Waals surface area contributed by atoms with Crippen molar-refractivity contribution >= 4 is 5.82 Å². The number of anilines is 1. The van der Waals surface area contributed by atoms with E-state index in [9.17, 15) is 4.79 Å². The quantitative estimate of drug-likeness (QED) is 0.901. The molecule has 2 aromatic heterocycles. The minimum atomic E-state index is -0.109. The van der Waals surface area contributed by atoms with E-state index in [2.05, 4.69) is 27.2 Å². The van der Waals surface area contributed by atoms with Crippen molar-refractivity contribution in [2.24, 2.45) is 5.41 Å². The summed E-state index contributed by atoms with van der Waals surface area (Å²) in [4.78, 5) is 23.4. The van der Waals surface area contributed by atoms with Crippen LogP contribution >= 0.6 is 0 Å². The molecule has 1 aliphatic rings. The van der Waals surface area contributed by atoms with E-state index in [4.69, 9.17) is 4.74 Å². The normalized spacial score (nSPS) is 16.1. The minimum absolute atomic E-state index is 0.109. The Balaban J connectivity index is 1.75. The number of hydrogen-bond donors (Lipinski definition) is 2. The lowest BCUT2D eigenvalue weighted by molar-refractivity contribution is -0.0924. The van der Waals surface area contributed by atoms with Crippen molar-refractivity contribution in [2.45, 2.75) is 20.8 Å². The smallest absolute Gasteiger partial charge is 0.254 e. The molecule has 0 amide bonds. The summed E-state index contributed by atoms with van der Waals surface area (Å²) in [5.41, 5.74) is 2.26. The maximum atomic E-state index is 11.8. The topological polar surface area (TPSA) is 79.9 Å². The third-order valence-corrected chi connectivity index (χ3v) is 4.03. The fraction of sp³-hybridized carbons (Fsp3) is 0.438. The van der Waals surface area contributed by atoms with E-state index in [1.165, 1.54) is 0 Å². The highest BCUT2D eigenvalue weighted by atomic mass is 16.5. The number of aromatic nitrogens is 3. The van der Waals surface area contributed by atoms with Crippen molar-refractivity contribution in [3.8, 4) is 11.4 Å². The van der Waals surface area contributed by atoms with E-state index in [0.717, 1.165) is 36.8 Å². The zero-order valence-corrected chi connectivity index (χ0v) is 13.1. The molecule has 6 heteroatoms. The number of H-pyrrole nitrogens is 1. The van der Waals surface area contributed by atoms with Crippen LogP contribution in [0.5, 0.6) is 0 Å². The summed E-state index contributed by atoms with van der Waals surface area (Å²) in [5, 5.41) is 3.31. The molecule has 0 aromatic carbocycles. The highest BCUT2D eigenvalue weighted by Gasteiger charge is 2.32. The van der Waals surface area contributed by atoms with E-state index in [0.29, 0.717) is 11.4 Å². The van der Waals surface area contributed by atoms with Crippen LogP contribution in [0.15, 0.2) is 23.1 Å². The predicted octanol–water partition coefficient (Wildman–Crippen LogP) is 1.90. The lowest BCUT2D eigenvalue weighted by Crippen LogP contribution is -2.45. The standard InChI is InChI=1S/C16H20N4O2/c1-10-11(2)19-14(20-15(10)21)12-4-5-13(17-6-12)18-7-16(3)8-22-9-16/h4-6H,7-9H2,1-3H3,(H,17,18)(H,19,20,21). The van der Waals surface area contributed by atoms with Crippen LogP contribution in [0.1, 0.15) is 18.2 Å². The first-order valence-electron chi connectivity index (χ1n) is 7.32. The van der Waals surface area contributed by atoms with Gasteiger partial charge >= 0.3 is 0 Å². The molecule has 6 nitrogen and oxygen atoms in total. The van der Waals surface area contributed by atoms with Crippen molar-refractivity contribution < 1.29 is 4.74 Å². The Morgan fingerprint density at radius 1 is 1.36 bits per heavy atom. The predicted molar refractivity (Wildman–Crippen MR) is 85.0 cm³/mol. The van der Waals surface area contributed by atoms with Crippen LogP contribution < -0.4 is 10.9 Å². The van der Waals surface area contributed by atoms with Crippen LogP contribution in [0.2, 0.25) is 0 Å². The maximum absolute atomic E-state index is 11.8. The second-order valence-electron chi connectivity index (χ2n) is 6.21. The molecule has 1 saturated heterocycles. The highest BCUT2D eigenvalue weighted by molar-refractivity contribution is 5.56. The van der Waals surface area contributed by atoms with Crippen molar-refractivity contribution in [2.75, 3.05) is 25.1 Å². The molecule has 0 saturated carbocycles. The first-order valence-corrected chi connectivity index (χ1v) is 7.32. The molecule has 1 fully saturated rings. The summed E-state index contributed by atoms with van der Waals surface area (Å²) in [6.07, 6.45) is 1.72. The largest absolute Gasteiger partial charge is 0.380 e. The molecule has 3 heterocycles. The summed E-state index contributed by atoms with van der Waals surface area (Å²) < 4.78 is 5.23. The lowest BCUT2D eigenvalue weighted by Gasteiger charge is -2.38. The second kappa shape index (κ2) is 5.53. The average molecular weight is 300 g/mol. The second-order valence-corrected chi connectivity index (χ2v) is 6.21. The van der Waals surface area contributed by atoms with Gasteiger partial charge in [0, 0.05) is 35.0 Å². The summed E-state index contributed by atoms with van der Waals surface area (Å²) in [6.45, 7) is 8.18. The number of nitrogens with one attached hydrogen (secondary N) is 2. The van der Waals surface area contributed by atoms with Gasteiger partial charge in [-0.1, -0.05) is 6.92 Å². The van der Waals surface area contributed by atoms with Gasteiger partial charge in [0.05, 0.1) is 13.2 Å². The molecule has 2 N–H and O–H groups in total. The van der Waals surface area contributed by atoms with Gasteiger partial charge in [-0.2, -0.15) is 0 Å². The van der Waals surface area contributed by atoms with Crippen LogP contribution in [-0.4, -0.2) is 34.7 Å². The van der Waals surface area contributed by atoms with Crippen LogP contribution in [0.3, 0.4) is 0 Å². The number of hydrogen-bond acceptors (Lipinski definition) is 5.